The number of rotatable bonds is 12. The number of hydrogen-bond donors (Lipinski definition) is 2. The summed E-state index contributed by atoms with van der Waals surface area (Å²) in [4.78, 5) is 32.6. The molecule has 0 spiro atoms. The van der Waals surface area contributed by atoms with E-state index in [-0.39, 0.29) is 13.1 Å². The summed E-state index contributed by atoms with van der Waals surface area (Å²) in [5.74, 6) is 0.709. The number of unbranched alkanes of at least 4 members (excludes halogenated alkanes) is 1. The molecule has 38 heavy (non-hydrogen) atoms. The standard InChI is InChI=1S/C25H27ClN2O2.C4H4O4/c1-2-18-30-25(29)10-7-16-27-15-5-6-17-28-23-9-4-3-8-20(23)11-12-21-13-14-22(26)19-24(21)28;5-3-8-2-1-4(6)7/h1,3-4,7-10,13-14,19,27H,5-6,11-12,15-18H2;1-3H,(H,6,7)/b10-7+;2-1-. The number of aliphatic carboxylic acids is 1. The van der Waals surface area contributed by atoms with Gasteiger partial charge < -0.3 is 24.8 Å². The number of carboxylic acid groups (broad SMARTS) is 1. The van der Waals surface area contributed by atoms with Gasteiger partial charge in [0, 0.05) is 35.6 Å². The third kappa shape index (κ3) is 10.9. The summed E-state index contributed by atoms with van der Waals surface area (Å²) in [6.45, 7) is 2.57. The van der Waals surface area contributed by atoms with Gasteiger partial charge in [-0.3, -0.25) is 4.79 Å². The minimum Gasteiger partial charge on any atom is -0.478 e. The molecule has 2 aromatic rings. The van der Waals surface area contributed by atoms with E-state index in [1.54, 1.807) is 6.08 Å². The Kier molecular flexibility index (Phi) is 13.8. The van der Waals surface area contributed by atoms with E-state index in [0.29, 0.717) is 12.6 Å². The highest BCUT2D eigenvalue weighted by atomic mass is 35.5. The first-order valence-corrected chi connectivity index (χ1v) is 12.4. The third-order valence-electron chi connectivity index (χ3n) is 5.43. The summed E-state index contributed by atoms with van der Waals surface area (Å²) < 4.78 is 8.68. The number of fused-ring (bicyclic) bond motifs is 2. The van der Waals surface area contributed by atoms with Crippen molar-refractivity contribution in [3.05, 3.63) is 83.1 Å². The first-order chi connectivity index (χ1) is 18.5. The van der Waals surface area contributed by atoms with Gasteiger partial charge in [0.1, 0.15) is 6.26 Å². The van der Waals surface area contributed by atoms with Crippen molar-refractivity contribution < 1.29 is 29.0 Å². The molecule has 0 unspecified atom stereocenters. The zero-order valence-corrected chi connectivity index (χ0v) is 21.7. The lowest BCUT2D eigenvalue weighted by Gasteiger charge is -2.27. The molecule has 200 valence electrons. The van der Waals surface area contributed by atoms with Gasteiger partial charge in [0.05, 0.1) is 6.08 Å². The highest BCUT2D eigenvalue weighted by molar-refractivity contribution is 6.30. The van der Waals surface area contributed by atoms with Crippen LogP contribution in [-0.4, -0.2) is 49.8 Å². The number of esters is 1. The summed E-state index contributed by atoms with van der Waals surface area (Å²) >= 11 is 6.32. The predicted molar refractivity (Wildman–Crippen MR) is 147 cm³/mol. The average Bonchev–Trinajstić information content (AvgIpc) is 3.06. The van der Waals surface area contributed by atoms with Crippen LogP contribution >= 0.6 is 11.6 Å². The van der Waals surface area contributed by atoms with Crippen LogP contribution in [0.4, 0.5) is 11.4 Å². The smallest absolute Gasteiger partial charge is 0.331 e. The molecule has 8 nitrogen and oxygen atoms in total. The molecule has 0 aliphatic carbocycles. The monoisotopic (exact) mass is 538 g/mol. The minimum atomic E-state index is -1.15. The van der Waals surface area contributed by atoms with Gasteiger partial charge in [-0.2, -0.15) is 0 Å². The number of nitrogens with one attached hydrogen (secondary N) is 1. The van der Waals surface area contributed by atoms with Gasteiger partial charge in [0.15, 0.2) is 6.61 Å². The Bertz CT molecular complexity index is 1170. The van der Waals surface area contributed by atoms with E-state index in [4.69, 9.17) is 27.9 Å². The molecular formula is C29H31ClN2O6. The van der Waals surface area contributed by atoms with Crippen LogP contribution in [0.1, 0.15) is 24.0 Å². The Morgan fingerprint density at radius 1 is 1.11 bits per heavy atom. The van der Waals surface area contributed by atoms with Crippen molar-refractivity contribution in [3.63, 3.8) is 0 Å². The van der Waals surface area contributed by atoms with Crippen LogP contribution in [0.2, 0.25) is 5.02 Å². The molecular weight excluding hydrogens is 508 g/mol. The lowest BCUT2D eigenvalue weighted by molar-refractivity contribution is -0.136. The second kappa shape index (κ2) is 17.4. The summed E-state index contributed by atoms with van der Waals surface area (Å²) in [6.07, 6.45) is 13.8. The van der Waals surface area contributed by atoms with Gasteiger partial charge in [0.25, 0.3) is 6.47 Å². The molecule has 3 rings (SSSR count). The van der Waals surface area contributed by atoms with Gasteiger partial charge in [-0.05, 0) is 61.6 Å². The first kappa shape index (κ1) is 30.2. The van der Waals surface area contributed by atoms with Crippen molar-refractivity contribution >= 4 is 41.4 Å². The maximum atomic E-state index is 11.3. The summed E-state index contributed by atoms with van der Waals surface area (Å²) in [5.41, 5.74) is 5.22. The lowest BCUT2D eigenvalue weighted by atomic mass is 10.0. The minimum absolute atomic E-state index is 0.00453. The van der Waals surface area contributed by atoms with Crippen LogP contribution in [0.3, 0.4) is 0 Å². The molecule has 0 saturated heterocycles. The number of carboxylic acids is 1. The number of halogens is 1. The zero-order chi connectivity index (χ0) is 27.6. The summed E-state index contributed by atoms with van der Waals surface area (Å²) in [7, 11) is 0. The Labute approximate surface area is 227 Å². The number of carbonyl (C=O) groups is 3. The number of aryl methyl sites for hydroxylation is 2. The number of ether oxygens (including phenoxy) is 2. The molecule has 1 aliphatic rings. The molecule has 1 heterocycles. The molecule has 0 bridgehead atoms. The predicted octanol–water partition coefficient (Wildman–Crippen LogP) is 4.44. The average molecular weight is 539 g/mol. The van der Waals surface area contributed by atoms with Crippen LogP contribution in [0.15, 0.2) is 67.0 Å². The van der Waals surface area contributed by atoms with Crippen LogP contribution in [0.25, 0.3) is 0 Å². The van der Waals surface area contributed by atoms with Gasteiger partial charge in [0.2, 0.25) is 0 Å². The van der Waals surface area contributed by atoms with Crippen molar-refractivity contribution in [2.75, 3.05) is 31.1 Å². The molecule has 0 fully saturated rings. The fraction of sp³-hybridized carbons (Fsp3) is 0.276. The molecule has 2 aromatic carbocycles. The van der Waals surface area contributed by atoms with Gasteiger partial charge in [-0.1, -0.05) is 47.9 Å². The van der Waals surface area contributed by atoms with E-state index in [2.05, 4.69) is 57.3 Å². The quantitative estimate of drug-likeness (QED) is 0.102. The number of para-hydroxylation sites is 1. The van der Waals surface area contributed by atoms with Crippen LogP contribution in [0.5, 0.6) is 0 Å². The van der Waals surface area contributed by atoms with E-state index >= 15 is 0 Å². The number of nitrogens with zero attached hydrogens (tertiary/aromatic N) is 1. The first-order valence-electron chi connectivity index (χ1n) is 12.1. The van der Waals surface area contributed by atoms with Crippen molar-refractivity contribution in [3.8, 4) is 12.3 Å². The number of anilines is 2. The van der Waals surface area contributed by atoms with Crippen molar-refractivity contribution in [1.82, 2.24) is 5.32 Å². The van der Waals surface area contributed by atoms with E-state index in [1.165, 1.54) is 28.6 Å². The molecule has 1 aliphatic heterocycles. The lowest BCUT2D eigenvalue weighted by Crippen LogP contribution is -2.22. The molecule has 9 heteroatoms. The number of hydrogen-bond acceptors (Lipinski definition) is 7. The molecule has 0 radical (unpaired) electrons. The second-order valence-electron chi connectivity index (χ2n) is 8.05. The van der Waals surface area contributed by atoms with E-state index in [1.807, 2.05) is 6.07 Å². The van der Waals surface area contributed by atoms with E-state index in [9.17, 15) is 14.4 Å². The molecule has 0 aromatic heterocycles. The van der Waals surface area contributed by atoms with Crippen LogP contribution < -0.4 is 10.2 Å². The molecule has 0 saturated carbocycles. The second-order valence-corrected chi connectivity index (χ2v) is 8.49. The number of benzene rings is 2. The maximum Gasteiger partial charge on any atom is 0.331 e. The van der Waals surface area contributed by atoms with E-state index < -0.39 is 11.9 Å². The number of terminal acetylenes is 1. The SMILES string of the molecule is C#CCOC(=O)/C=C/CNCCCCN1c2ccccc2CCc2ccc(Cl)cc21.O=CO/C=C\C(=O)O. The van der Waals surface area contributed by atoms with Crippen LogP contribution in [0, 0.1) is 12.3 Å². The van der Waals surface area contributed by atoms with Crippen molar-refractivity contribution in [2.24, 2.45) is 0 Å². The van der Waals surface area contributed by atoms with Gasteiger partial charge in [-0.15, -0.1) is 6.42 Å². The largest absolute Gasteiger partial charge is 0.478 e. The topological polar surface area (TPSA) is 105 Å². The molecule has 0 amide bonds. The highest BCUT2D eigenvalue weighted by Gasteiger charge is 2.20. The maximum absolute atomic E-state index is 11.3. The highest BCUT2D eigenvalue weighted by Crippen LogP contribution is 2.37. The van der Waals surface area contributed by atoms with Gasteiger partial charge >= 0.3 is 11.9 Å². The summed E-state index contributed by atoms with van der Waals surface area (Å²) in [5, 5.41) is 11.9. The Morgan fingerprint density at radius 2 is 1.87 bits per heavy atom. The third-order valence-corrected chi connectivity index (χ3v) is 5.66. The zero-order valence-electron chi connectivity index (χ0n) is 21.0. The molecule has 0 atom stereocenters. The van der Waals surface area contributed by atoms with Gasteiger partial charge in [-0.25, -0.2) is 9.59 Å². The fourth-order valence-corrected chi connectivity index (χ4v) is 3.94. The Morgan fingerprint density at radius 3 is 2.61 bits per heavy atom. The summed E-state index contributed by atoms with van der Waals surface area (Å²) in [6, 6.07) is 14.9. The fourth-order valence-electron chi connectivity index (χ4n) is 3.78. The van der Waals surface area contributed by atoms with Crippen LogP contribution in [-0.2, 0) is 36.7 Å². The normalized spacial score (nSPS) is 11.9. The van der Waals surface area contributed by atoms with Crippen molar-refractivity contribution in [1.29, 1.82) is 0 Å². The van der Waals surface area contributed by atoms with E-state index in [0.717, 1.165) is 50.1 Å². The number of carbonyl (C=O) groups excluding carboxylic acids is 2. The Hall–Kier alpha value is -4.06. The van der Waals surface area contributed by atoms with Crippen molar-refractivity contribution in [2.45, 2.75) is 25.7 Å². The molecule has 2 N–H and O–H groups in total. The Balaban J connectivity index is 0.000000550.